The molecule has 2 fully saturated rings. The van der Waals surface area contributed by atoms with Gasteiger partial charge in [-0.15, -0.1) is 0 Å². The molecule has 4 rings (SSSR count). The molecule has 2 heterocycles. The molecule has 6 nitrogen and oxygen atoms in total. The fourth-order valence-electron chi connectivity index (χ4n) is 3.91. The molecule has 7 heteroatoms. The summed E-state index contributed by atoms with van der Waals surface area (Å²) < 4.78 is 24.6. The van der Waals surface area contributed by atoms with Crippen molar-refractivity contribution in [1.82, 2.24) is 15.0 Å². The van der Waals surface area contributed by atoms with Gasteiger partial charge in [0.1, 0.15) is 11.4 Å². The predicted octanol–water partition coefficient (Wildman–Crippen LogP) is 4.87. The van der Waals surface area contributed by atoms with Crippen molar-refractivity contribution in [1.29, 1.82) is 0 Å². The highest BCUT2D eigenvalue weighted by atomic mass is 19.1. The molecular formula is C22H28FN3O3. The quantitative estimate of drug-likeness (QED) is 0.731. The summed E-state index contributed by atoms with van der Waals surface area (Å²) in [4.78, 5) is 18.8. The Bertz CT molecular complexity index is 847. The fourth-order valence-corrected chi connectivity index (χ4v) is 3.91. The van der Waals surface area contributed by atoms with Gasteiger partial charge in [0, 0.05) is 19.0 Å². The molecular weight excluding hydrogens is 373 g/mol. The summed E-state index contributed by atoms with van der Waals surface area (Å²) in [6.45, 7) is 6.83. The first-order valence-corrected chi connectivity index (χ1v) is 10.4. The van der Waals surface area contributed by atoms with Crippen LogP contribution in [0.2, 0.25) is 0 Å². The highest BCUT2D eigenvalue weighted by Gasteiger charge is 2.36. The van der Waals surface area contributed by atoms with Crippen molar-refractivity contribution in [3.63, 3.8) is 0 Å². The lowest BCUT2D eigenvalue weighted by molar-refractivity contribution is 0.0175. The summed E-state index contributed by atoms with van der Waals surface area (Å²) in [5, 5.41) is 4.18. The van der Waals surface area contributed by atoms with E-state index >= 15 is 0 Å². The van der Waals surface area contributed by atoms with Crippen molar-refractivity contribution < 1.29 is 18.4 Å². The molecule has 0 spiro atoms. The normalized spacial score (nSPS) is 19.2. The summed E-state index contributed by atoms with van der Waals surface area (Å²) in [7, 11) is 0. The van der Waals surface area contributed by atoms with Crippen molar-refractivity contribution in [3.05, 3.63) is 47.4 Å². The molecule has 1 saturated heterocycles. The minimum atomic E-state index is -0.506. The van der Waals surface area contributed by atoms with E-state index in [-0.39, 0.29) is 23.7 Å². The van der Waals surface area contributed by atoms with E-state index in [0.29, 0.717) is 24.9 Å². The van der Waals surface area contributed by atoms with Crippen LogP contribution in [0.1, 0.15) is 75.6 Å². The van der Waals surface area contributed by atoms with Crippen molar-refractivity contribution in [2.45, 2.75) is 63.9 Å². The topological polar surface area (TPSA) is 68.5 Å². The molecule has 1 atom stereocenters. The van der Waals surface area contributed by atoms with Crippen molar-refractivity contribution in [2.75, 3.05) is 13.1 Å². The van der Waals surface area contributed by atoms with Gasteiger partial charge >= 0.3 is 6.09 Å². The number of carbonyl (C=O) groups is 1. The molecule has 2 aliphatic rings. The van der Waals surface area contributed by atoms with Crippen LogP contribution in [-0.4, -0.2) is 39.8 Å². The molecule has 0 radical (unpaired) electrons. The summed E-state index contributed by atoms with van der Waals surface area (Å²) in [6.07, 6.45) is 3.52. The number of halogens is 1. The van der Waals surface area contributed by atoms with Gasteiger partial charge in [-0.2, -0.15) is 4.98 Å². The molecule has 29 heavy (non-hydrogen) atoms. The highest BCUT2D eigenvalue weighted by Crippen LogP contribution is 2.41. The lowest BCUT2D eigenvalue weighted by atomic mass is 9.80. The highest BCUT2D eigenvalue weighted by molar-refractivity contribution is 5.68. The Labute approximate surface area is 170 Å². The Morgan fingerprint density at radius 2 is 1.83 bits per heavy atom. The monoisotopic (exact) mass is 401 g/mol. The standard InChI is InChI=1S/C22H28FN3O3/c1-22(2,3)28-21(27)26-12-10-15(11-13-26)18(14-6-8-17(23)9-7-14)20-24-19(25-29-20)16-4-5-16/h6-9,15-16,18H,4-5,10-13H2,1-3H3/t18-/m1/s1. The molecule has 1 aromatic heterocycles. The van der Waals surface area contributed by atoms with Gasteiger partial charge in [0.05, 0.1) is 5.92 Å². The second kappa shape index (κ2) is 7.76. The van der Waals surface area contributed by atoms with Gasteiger partial charge in [-0.1, -0.05) is 17.3 Å². The van der Waals surface area contributed by atoms with E-state index < -0.39 is 5.60 Å². The van der Waals surface area contributed by atoms with E-state index in [2.05, 4.69) is 10.1 Å². The van der Waals surface area contributed by atoms with E-state index in [4.69, 9.17) is 9.26 Å². The lowest BCUT2D eigenvalue weighted by Crippen LogP contribution is -2.42. The molecule has 2 aromatic rings. The zero-order chi connectivity index (χ0) is 20.6. The molecule has 1 amide bonds. The van der Waals surface area contributed by atoms with Gasteiger partial charge in [0.15, 0.2) is 5.82 Å². The Hall–Kier alpha value is -2.44. The number of carbonyl (C=O) groups excluding carboxylic acids is 1. The Balaban J connectivity index is 1.51. The van der Waals surface area contributed by atoms with E-state index in [1.165, 1.54) is 12.1 Å². The van der Waals surface area contributed by atoms with Crippen molar-refractivity contribution >= 4 is 6.09 Å². The first-order chi connectivity index (χ1) is 13.8. The molecule has 1 aliphatic carbocycles. The first kappa shape index (κ1) is 19.9. The minimum Gasteiger partial charge on any atom is -0.444 e. The van der Waals surface area contributed by atoms with Gasteiger partial charge in [0.2, 0.25) is 5.89 Å². The summed E-state index contributed by atoms with van der Waals surface area (Å²) >= 11 is 0. The number of rotatable bonds is 4. The van der Waals surface area contributed by atoms with Gasteiger partial charge in [-0.25, -0.2) is 9.18 Å². The maximum atomic E-state index is 13.5. The second-order valence-corrected chi connectivity index (χ2v) is 9.10. The van der Waals surface area contributed by atoms with Crippen LogP contribution in [0.25, 0.3) is 0 Å². The number of hydrogen-bond acceptors (Lipinski definition) is 5. The number of nitrogens with zero attached hydrogens (tertiary/aromatic N) is 3. The Morgan fingerprint density at radius 1 is 1.17 bits per heavy atom. The van der Waals surface area contributed by atoms with Crippen LogP contribution < -0.4 is 0 Å². The maximum absolute atomic E-state index is 13.5. The minimum absolute atomic E-state index is 0.101. The fraction of sp³-hybridized carbons (Fsp3) is 0.591. The molecule has 0 bridgehead atoms. The average Bonchev–Trinajstić information content (AvgIpc) is 3.41. The van der Waals surface area contributed by atoms with E-state index in [0.717, 1.165) is 37.1 Å². The third kappa shape index (κ3) is 4.77. The Kier molecular flexibility index (Phi) is 5.32. The zero-order valence-corrected chi connectivity index (χ0v) is 17.2. The molecule has 1 aromatic carbocycles. The summed E-state index contributed by atoms with van der Waals surface area (Å²) in [5.41, 5.74) is 0.459. The number of likely N-dealkylation sites (tertiary alicyclic amines) is 1. The van der Waals surface area contributed by atoms with Crippen LogP contribution in [0.3, 0.4) is 0 Å². The number of ether oxygens (including phenoxy) is 1. The second-order valence-electron chi connectivity index (χ2n) is 9.10. The largest absolute Gasteiger partial charge is 0.444 e. The molecule has 1 aliphatic heterocycles. The van der Waals surface area contributed by atoms with Crippen molar-refractivity contribution in [3.8, 4) is 0 Å². The van der Waals surface area contributed by atoms with Crippen LogP contribution in [0.5, 0.6) is 0 Å². The third-order valence-electron chi connectivity index (χ3n) is 5.56. The average molecular weight is 401 g/mol. The predicted molar refractivity (Wildman–Crippen MR) is 105 cm³/mol. The molecule has 1 saturated carbocycles. The van der Waals surface area contributed by atoms with Crippen LogP contribution >= 0.6 is 0 Å². The van der Waals surface area contributed by atoms with Gasteiger partial charge in [-0.05, 0) is 70.1 Å². The van der Waals surface area contributed by atoms with Crippen LogP contribution in [0, 0.1) is 11.7 Å². The third-order valence-corrected chi connectivity index (χ3v) is 5.56. The number of piperidine rings is 1. The SMILES string of the molecule is CC(C)(C)OC(=O)N1CCC([C@@H](c2ccc(F)cc2)c2nc(C3CC3)no2)CC1. The molecule has 156 valence electrons. The first-order valence-electron chi connectivity index (χ1n) is 10.4. The van der Waals surface area contributed by atoms with E-state index in [9.17, 15) is 9.18 Å². The number of aromatic nitrogens is 2. The number of hydrogen-bond donors (Lipinski definition) is 0. The number of benzene rings is 1. The molecule has 0 unspecified atom stereocenters. The van der Waals surface area contributed by atoms with Gasteiger partial charge in [0.25, 0.3) is 0 Å². The van der Waals surface area contributed by atoms with Crippen LogP contribution in [0.4, 0.5) is 9.18 Å². The van der Waals surface area contributed by atoms with Crippen molar-refractivity contribution in [2.24, 2.45) is 5.92 Å². The van der Waals surface area contributed by atoms with Gasteiger partial charge < -0.3 is 14.2 Å². The Morgan fingerprint density at radius 3 is 2.41 bits per heavy atom. The zero-order valence-electron chi connectivity index (χ0n) is 17.2. The van der Waals surface area contributed by atoms with E-state index in [1.54, 1.807) is 17.0 Å². The maximum Gasteiger partial charge on any atom is 0.410 e. The van der Waals surface area contributed by atoms with Crippen LogP contribution in [0.15, 0.2) is 28.8 Å². The lowest BCUT2D eigenvalue weighted by Gasteiger charge is -2.35. The van der Waals surface area contributed by atoms with Crippen LogP contribution in [-0.2, 0) is 4.74 Å². The van der Waals surface area contributed by atoms with E-state index in [1.807, 2.05) is 20.8 Å². The smallest absolute Gasteiger partial charge is 0.410 e. The summed E-state index contributed by atoms with van der Waals surface area (Å²) in [6, 6.07) is 6.52. The van der Waals surface area contributed by atoms with Gasteiger partial charge in [-0.3, -0.25) is 0 Å². The summed E-state index contributed by atoms with van der Waals surface area (Å²) in [5.74, 6) is 1.64. The molecule has 0 N–H and O–H groups in total. The number of amides is 1.